The lowest BCUT2D eigenvalue weighted by atomic mass is 10.2. The maximum Gasteiger partial charge on any atom is 0.145 e. The van der Waals surface area contributed by atoms with Crippen LogP contribution < -0.4 is 10.5 Å². The predicted octanol–water partition coefficient (Wildman–Crippen LogP) is 3.19. The second-order valence-electron chi connectivity index (χ2n) is 3.31. The van der Waals surface area contributed by atoms with Crippen molar-refractivity contribution in [2.75, 3.05) is 5.73 Å². The highest BCUT2D eigenvalue weighted by molar-refractivity contribution is 5.85. The number of hydrogen-bond donors (Lipinski definition) is 1. The van der Waals surface area contributed by atoms with Crippen LogP contribution in [0.1, 0.15) is 5.56 Å². The van der Waals surface area contributed by atoms with Crippen molar-refractivity contribution >= 4 is 18.1 Å². The van der Waals surface area contributed by atoms with Gasteiger partial charge in [0.15, 0.2) is 0 Å². The molecule has 0 fully saturated rings. The fraction of sp³-hybridized carbons (Fsp3) is 0.0833. The molecule has 0 aliphatic heterocycles. The van der Waals surface area contributed by atoms with Gasteiger partial charge in [-0.05, 0) is 42.8 Å². The van der Waals surface area contributed by atoms with Gasteiger partial charge in [-0.15, -0.1) is 12.4 Å². The normalized spacial score (nSPS) is 9.31. The molecule has 0 radical (unpaired) electrons. The van der Waals surface area contributed by atoms with Crippen molar-refractivity contribution in [1.29, 1.82) is 0 Å². The van der Waals surface area contributed by atoms with Gasteiger partial charge in [-0.3, -0.25) is 4.98 Å². The Hall–Kier alpha value is -1.74. The third-order valence-corrected chi connectivity index (χ3v) is 2.11. The van der Waals surface area contributed by atoms with Gasteiger partial charge in [-0.25, -0.2) is 0 Å². The van der Waals surface area contributed by atoms with Gasteiger partial charge < -0.3 is 10.5 Å². The van der Waals surface area contributed by atoms with E-state index in [1.165, 1.54) is 0 Å². The van der Waals surface area contributed by atoms with E-state index in [2.05, 4.69) is 4.98 Å². The van der Waals surface area contributed by atoms with Gasteiger partial charge in [0.05, 0.1) is 6.20 Å². The number of hydrogen-bond acceptors (Lipinski definition) is 3. The van der Waals surface area contributed by atoms with E-state index in [9.17, 15) is 0 Å². The van der Waals surface area contributed by atoms with E-state index in [0.717, 1.165) is 22.7 Å². The molecular formula is C12H13ClN2O. The molecule has 4 heteroatoms. The highest BCUT2D eigenvalue weighted by Gasteiger charge is 1.99. The van der Waals surface area contributed by atoms with Crippen LogP contribution in [0.4, 0.5) is 5.69 Å². The summed E-state index contributed by atoms with van der Waals surface area (Å²) in [7, 11) is 0. The van der Waals surface area contributed by atoms with Crippen LogP contribution >= 0.6 is 12.4 Å². The zero-order valence-corrected chi connectivity index (χ0v) is 9.70. The number of aryl methyl sites for hydroxylation is 1. The fourth-order valence-corrected chi connectivity index (χ4v) is 1.26. The molecule has 2 N–H and O–H groups in total. The number of pyridine rings is 1. The Morgan fingerprint density at radius 3 is 2.62 bits per heavy atom. The summed E-state index contributed by atoms with van der Waals surface area (Å²) in [4.78, 5) is 3.97. The van der Waals surface area contributed by atoms with Gasteiger partial charge in [-0.2, -0.15) is 0 Å². The minimum absolute atomic E-state index is 0. The smallest absolute Gasteiger partial charge is 0.145 e. The summed E-state index contributed by atoms with van der Waals surface area (Å²) in [6, 6.07) is 9.27. The van der Waals surface area contributed by atoms with Crippen LogP contribution in [0.25, 0.3) is 0 Å². The number of nitrogens with zero attached hydrogens (tertiary/aromatic N) is 1. The summed E-state index contributed by atoms with van der Waals surface area (Å²) in [5.41, 5.74) is 7.50. The van der Waals surface area contributed by atoms with Gasteiger partial charge in [0.1, 0.15) is 11.5 Å². The van der Waals surface area contributed by atoms with Crippen molar-refractivity contribution < 1.29 is 4.74 Å². The molecule has 0 amide bonds. The fourth-order valence-electron chi connectivity index (χ4n) is 1.26. The molecule has 3 nitrogen and oxygen atoms in total. The van der Waals surface area contributed by atoms with Gasteiger partial charge in [0.2, 0.25) is 0 Å². The third-order valence-electron chi connectivity index (χ3n) is 2.11. The van der Waals surface area contributed by atoms with E-state index in [1.807, 2.05) is 37.3 Å². The maximum absolute atomic E-state index is 5.71. The number of anilines is 1. The van der Waals surface area contributed by atoms with Crippen LogP contribution in [0.3, 0.4) is 0 Å². The first kappa shape index (κ1) is 12.3. The molecule has 0 saturated heterocycles. The minimum Gasteiger partial charge on any atom is -0.456 e. The molecular weight excluding hydrogens is 224 g/mol. The molecule has 0 bridgehead atoms. The van der Waals surface area contributed by atoms with E-state index >= 15 is 0 Å². The third kappa shape index (κ3) is 2.87. The molecule has 84 valence electrons. The molecule has 2 aromatic rings. The number of benzene rings is 1. The van der Waals surface area contributed by atoms with Gasteiger partial charge in [0.25, 0.3) is 0 Å². The lowest BCUT2D eigenvalue weighted by Gasteiger charge is -2.06. The highest BCUT2D eigenvalue weighted by atomic mass is 35.5. The molecule has 2 rings (SSSR count). The standard InChI is InChI=1S/C12H12N2O.ClH/c1-9-7-10(4-5-12(9)13)15-11-3-2-6-14-8-11;/h2-8H,13H2,1H3;1H. The highest BCUT2D eigenvalue weighted by Crippen LogP contribution is 2.23. The van der Waals surface area contributed by atoms with E-state index in [4.69, 9.17) is 10.5 Å². The Balaban J connectivity index is 0.00000128. The summed E-state index contributed by atoms with van der Waals surface area (Å²) in [6.07, 6.45) is 3.38. The monoisotopic (exact) mass is 236 g/mol. The van der Waals surface area contributed by atoms with Gasteiger partial charge >= 0.3 is 0 Å². The maximum atomic E-state index is 5.71. The lowest BCUT2D eigenvalue weighted by molar-refractivity contribution is 0.480. The largest absolute Gasteiger partial charge is 0.456 e. The number of nitrogen functional groups attached to an aromatic ring is 1. The number of ether oxygens (including phenoxy) is 1. The van der Waals surface area contributed by atoms with Gasteiger partial charge in [-0.1, -0.05) is 0 Å². The minimum atomic E-state index is 0. The number of aromatic nitrogens is 1. The van der Waals surface area contributed by atoms with Gasteiger partial charge in [0, 0.05) is 11.9 Å². The molecule has 0 spiro atoms. The molecule has 16 heavy (non-hydrogen) atoms. The van der Waals surface area contributed by atoms with Crippen LogP contribution in [0.5, 0.6) is 11.5 Å². The van der Waals surface area contributed by atoms with Crippen molar-refractivity contribution in [3.8, 4) is 11.5 Å². The Morgan fingerprint density at radius 2 is 2.00 bits per heavy atom. The summed E-state index contributed by atoms with van der Waals surface area (Å²) < 4.78 is 5.60. The van der Waals surface area contributed by atoms with Crippen molar-refractivity contribution in [2.24, 2.45) is 0 Å². The predicted molar refractivity (Wildman–Crippen MR) is 67.2 cm³/mol. The van der Waals surface area contributed by atoms with Crippen molar-refractivity contribution in [2.45, 2.75) is 6.92 Å². The van der Waals surface area contributed by atoms with Crippen LogP contribution in [0, 0.1) is 6.92 Å². The molecule has 0 atom stereocenters. The summed E-state index contributed by atoms with van der Waals surface area (Å²) in [6.45, 7) is 1.95. The Morgan fingerprint density at radius 1 is 1.19 bits per heavy atom. The Bertz CT molecular complexity index is 460. The van der Waals surface area contributed by atoms with E-state index < -0.39 is 0 Å². The average molecular weight is 237 g/mol. The van der Waals surface area contributed by atoms with Crippen LogP contribution in [-0.2, 0) is 0 Å². The van der Waals surface area contributed by atoms with E-state index in [1.54, 1.807) is 12.4 Å². The topological polar surface area (TPSA) is 48.1 Å². The molecule has 0 saturated carbocycles. The molecule has 0 unspecified atom stereocenters. The molecule has 0 aliphatic rings. The number of nitrogens with two attached hydrogens (primary N) is 1. The summed E-state index contributed by atoms with van der Waals surface area (Å²) >= 11 is 0. The molecule has 1 aromatic carbocycles. The zero-order valence-electron chi connectivity index (χ0n) is 8.88. The first-order valence-electron chi connectivity index (χ1n) is 4.70. The molecule has 1 aromatic heterocycles. The Labute approximate surface area is 101 Å². The lowest BCUT2D eigenvalue weighted by Crippen LogP contribution is -1.90. The average Bonchev–Trinajstić information content (AvgIpc) is 2.25. The first-order chi connectivity index (χ1) is 7.25. The van der Waals surface area contributed by atoms with E-state index in [-0.39, 0.29) is 12.4 Å². The number of rotatable bonds is 2. The van der Waals surface area contributed by atoms with E-state index in [0.29, 0.717) is 0 Å². The number of halogens is 1. The molecule has 0 aliphatic carbocycles. The van der Waals surface area contributed by atoms with Crippen LogP contribution in [0.15, 0.2) is 42.7 Å². The van der Waals surface area contributed by atoms with Crippen molar-refractivity contribution in [1.82, 2.24) is 4.98 Å². The van der Waals surface area contributed by atoms with Crippen molar-refractivity contribution in [3.05, 3.63) is 48.3 Å². The van der Waals surface area contributed by atoms with Crippen LogP contribution in [0.2, 0.25) is 0 Å². The zero-order chi connectivity index (χ0) is 10.7. The van der Waals surface area contributed by atoms with Crippen LogP contribution in [-0.4, -0.2) is 4.98 Å². The SMILES string of the molecule is Cc1cc(Oc2cccnc2)ccc1N.Cl. The molecule has 1 heterocycles. The summed E-state index contributed by atoms with van der Waals surface area (Å²) in [5.74, 6) is 1.50. The van der Waals surface area contributed by atoms with Crippen molar-refractivity contribution in [3.63, 3.8) is 0 Å². The Kier molecular flexibility index (Phi) is 4.14. The quantitative estimate of drug-likeness (QED) is 0.815. The second kappa shape index (κ2) is 5.37. The first-order valence-corrected chi connectivity index (χ1v) is 4.70. The summed E-state index contributed by atoms with van der Waals surface area (Å²) in [5, 5.41) is 0. The second-order valence-corrected chi connectivity index (χ2v) is 3.31.